The molecule has 1 fully saturated rings. The smallest absolute Gasteiger partial charge is 0.220 e. The van der Waals surface area contributed by atoms with E-state index in [2.05, 4.69) is 5.16 Å². The Morgan fingerprint density at radius 3 is 2.95 bits per heavy atom. The van der Waals surface area contributed by atoms with Crippen molar-refractivity contribution < 1.29 is 12.9 Å². The fourth-order valence-corrected chi connectivity index (χ4v) is 4.65. The number of sulfonamides is 1. The van der Waals surface area contributed by atoms with Crippen LogP contribution in [0, 0.1) is 0 Å². The number of fused-ring (bicyclic) bond motifs is 1. The lowest BCUT2D eigenvalue weighted by Gasteiger charge is -2.33. The van der Waals surface area contributed by atoms with Crippen LogP contribution in [0.25, 0.3) is 11.0 Å². The highest BCUT2D eigenvalue weighted by Gasteiger charge is 2.32. The first-order valence-corrected chi connectivity index (χ1v) is 8.75. The van der Waals surface area contributed by atoms with Gasteiger partial charge in [0.1, 0.15) is 11.4 Å². The van der Waals surface area contributed by atoms with Gasteiger partial charge in [0.15, 0.2) is 5.58 Å². The third-order valence-electron chi connectivity index (χ3n) is 3.97. The van der Waals surface area contributed by atoms with Crippen LogP contribution in [-0.2, 0) is 15.8 Å². The molecule has 3 rings (SSSR count). The highest BCUT2D eigenvalue weighted by molar-refractivity contribution is 7.88. The first-order valence-electron chi connectivity index (χ1n) is 7.14. The highest BCUT2D eigenvalue weighted by atomic mass is 32.2. The molecule has 1 aromatic heterocycles. The Labute approximate surface area is 123 Å². The Hall–Kier alpha value is -1.44. The molecule has 2 N–H and O–H groups in total. The summed E-state index contributed by atoms with van der Waals surface area (Å²) in [5, 5.41) is 4.67. The van der Waals surface area contributed by atoms with E-state index in [0.29, 0.717) is 24.4 Å². The lowest BCUT2D eigenvalue weighted by atomic mass is 10.1. The van der Waals surface area contributed by atoms with Crippen molar-refractivity contribution in [2.24, 2.45) is 5.73 Å². The Morgan fingerprint density at radius 1 is 1.33 bits per heavy atom. The number of benzene rings is 1. The summed E-state index contributed by atoms with van der Waals surface area (Å²) in [5.74, 6) is -0.138. The Bertz CT molecular complexity index is 726. The normalized spacial score (nSPS) is 20.9. The molecule has 1 unspecified atom stereocenters. The molecule has 1 aliphatic heterocycles. The summed E-state index contributed by atoms with van der Waals surface area (Å²) in [5.41, 5.74) is 6.79. The molecule has 0 saturated carbocycles. The van der Waals surface area contributed by atoms with Gasteiger partial charge in [0.05, 0.1) is 0 Å². The van der Waals surface area contributed by atoms with E-state index in [4.69, 9.17) is 10.3 Å². The van der Waals surface area contributed by atoms with Gasteiger partial charge in [-0.3, -0.25) is 0 Å². The first kappa shape index (κ1) is 14.5. The van der Waals surface area contributed by atoms with Crippen LogP contribution in [0.4, 0.5) is 0 Å². The van der Waals surface area contributed by atoms with Gasteiger partial charge < -0.3 is 10.3 Å². The topological polar surface area (TPSA) is 89.4 Å². The van der Waals surface area contributed by atoms with E-state index >= 15 is 0 Å². The average Bonchev–Trinajstić information content (AvgIpc) is 2.90. The molecule has 21 heavy (non-hydrogen) atoms. The zero-order chi connectivity index (χ0) is 14.9. The summed E-state index contributed by atoms with van der Waals surface area (Å²) in [6.45, 7) is 0.902. The van der Waals surface area contributed by atoms with Crippen molar-refractivity contribution in [1.82, 2.24) is 9.46 Å². The van der Waals surface area contributed by atoms with Gasteiger partial charge >= 0.3 is 0 Å². The number of aromatic nitrogens is 1. The Kier molecular flexibility index (Phi) is 3.97. The van der Waals surface area contributed by atoms with E-state index in [1.165, 1.54) is 0 Å². The van der Waals surface area contributed by atoms with Crippen LogP contribution in [-0.4, -0.2) is 37.0 Å². The number of para-hydroxylation sites is 1. The maximum absolute atomic E-state index is 12.7. The maximum Gasteiger partial charge on any atom is 0.220 e. The quantitative estimate of drug-likeness (QED) is 0.923. The summed E-state index contributed by atoms with van der Waals surface area (Å²) in [4.78, 5) is 0. The molecule has 1 saturated heterocycles. The highest BCUT2D eigenvalue weighted by Crippen LogP contribution is 2.25. The molecule has 2 aromatic rings. The first-order chi connectivity index (χ1) is 10.1. The van der Waals surface area contributed by atoms with Gasteiger partial charge in [0.25, 0.3) is 0 Å². The average molecular weight is 309 g/mol. The maximum atomic E-state index is 12.7. The van der Waals surface area contributed by atoms with Crippen molar-refractivity contribution >= 4 is 21.0 Å². The third-order valence-corrected chi connectivity index (χ3v) is 5.81. The van der Waals surface area contributed by atoms with Gasteiger partial charge in [0, 0.05) is 24.5 Å². The lowest BCUT2D eigenvalue weighted by molar-refractivity contribution is 0.257. The fourth-order valence-electron chi connectivity index (χ4n) is 2.87. The van der Waals surface area contributed by atoms with Gasteiger partial charge in [0.2, 0.25) is 10.0 Å². The molecule has 0 aliphatic carbocycles. The van der Waals surface area contributed by atoms with Crippen LogP contribution >= 0.6 is 0 Å². The predicted octanol–water partition coefficient (Wildman–Crippen LogP) is 1.47. The van der Waals surface area contributed by atoms with E-state index in [1.54, 1.807) is 10.4 Å². The molecular formula is C14H19N3O3S. The van der Waals surface area contributed by atoms with Crippen LogP contribution < -0.4 is 5.73 Å². The Morgan fingerprint density at radius 2 is 2.14 bits per heavy atom. The monoisotopic (exact) mass is 309 g/mol. The Balaban J connectivity index is 1.88. The van der Waals surface area contributed by atoms with Crippen molar-refractivity contribution in [3.8, 4) is 0 Å². The van der Waals surface area contributed by atoms with Crippen LogP contribution in [0.3, 0.4) is 0 Å². The second-order valence-electron chi connectivity index (χ2n) is 5.38. The molecule has 0 radical (unpaired) electrons. The van der Waals surface area contributed by atoms with Crippen LogP contribution in [0.1, 0.15) is 25.0 Å². The van der Waals surface area contributed by atoms with Gasteiger partial charge in [-0.2, -0.15) is 4.31 Å². The largest absolute Gasteiger partial charge is 0.356 e. The molecule has 1 aliphatic rings. The molecule has 1 atom stereocenters. The van der Waals surface area contributed by atoms with Crippen LogP contribution in [0.5, 0.6) is 0 Å². The number of piperidine rings is 1. The standard InChI is InChI=1S/C14H19N3O3S/c15-9-11-5-3-4-8-17(11)21(18,19)10-13-12-6-1-2-7-14(12)20-16-13/h1-2,6-7,11H,3-5,8-10,15H2. The molecule has 0 amide bonds. The summed E-state index contributed by atoms with van der Waals surface area (Å²) in [6.07, 6.45) is 2.74. The number of hydrogen-bond acceptors (Lipinski definition) is 5. The molecule has 0 bridgehead atoms. The number of rotatable bonds is 4. The number of nitrogens with zero attached hydrogens (tertiary/aromatic N) is 2. The predicted molar refractivity (Wildman–Crippen MR) is 80.0 cm³/mol. The minimum atomic E-state index is -3.43. The van der Waals surface area contributed by atoms with E-state index in [9.17, 15) is 8.42 Å². The SMILES string of the molecule is NCC1CCCCN1S(=O)(=O)Cc1noc2ccccc12. The van der Waals surface area contributed by atoms with Crippen molar-refractivity contribution in [2.75, 3.05) is 13.1 Å². The van der Waals surface area contributed by atoms with Gasteiger partial charge in [-0.1, -0.05) is 23.7 Å². The minimum absolute atomic E-state index is 0.0954. The van der Waals surface area contributed by atoms with E-state index in [1.807, 2.05) is 18.2 Å². The van der Waals surface area contributed by atoms with Crippen molar-refractivity contribution in [2.45, 2.75) is 31.1 Å². The third kappa shape index (κ3) is 2.81. The van der Waals surface area contributed by atoms with Gasteiger partial charge in [-0.25, -0.2) is 8.42 Å². The summed E-state index contributed by atoms with van der Waals surface area (Å²) in [7, 11) is -3.43. The van der Waals surface area contributed by atoms with E-state index in [-0.39, 0.29) is 11.8 Å². The molecule has 0 spiro atoms. The summed E-state index contributed by atoms with van der Waals surface area (Å²) >= 11 is 0. The van der Waals surface area contributed by atoms with Gasteiger partial charge in [-0.05, 0) is 25.0 Å². The van der Waals surface area contributed by atoms with E-state index < -0.39 is 10.0 Å². The zero-order valence-electron chi connectivity index (χ0n) is 11.7. The molecule has 7 heteroatoms. The lowest BCUT2D eigenvalue weighted by Crippen LogP contribution is -2.47. The molecular weight excluding hydrogens is 290 g/mol. The number of hydrogen-bond donors (Lipinski definition) is 1. The van der Waals surface area contributed by atoms with Crippen LogP contribution in [0.15, 0.2) is 28.8 Å². The van der Waals surface area contributed by atoms with Crippen molar-refractivity contribution in [3.05, 3.63) is 30.0 Å². The molecule has 114 valence electrons. The summed E-state index contributed by atoms with van der Waals surface area (Å²) in [6, 6.07) is 7.19. The fraction of sp³-hybridized carbons (Fsp3) is 0.500. The summed E-state index contributed by atoms with van der Waals surface area (Å²) < 4.78 is 32.0. The minimum Gasteiger partial charge on any atom is -0.356 e. The number of nitrogens with two attached hydrogens (primary N) is 1. The molecule has 2 heterocycles. The van der Waals surface area contributed by atoms with Gasteiger partial charge in [-0.15, -0.1) is 0 Å². The zero-order valence-corrected chi connectivity index (χ0v) is 12.6. The van der Waals surface area contributed by atoms with Crippen molar-refractivity contribution in [3.63, 3.8) is 0 Å². The second kappa shape index (κ2) is 5.75. The van der Waals surface area contributed by atoms with E-state index in [0.717, 1.165) is 24.6 Å². The second-order valence-corrected chi connectivity index (χ2v) is 7.30. The van der Waals surface area contributed by atoms with Crippen molar-refractivity contribution in [1.29, 1.82) is 0 Å². The van der Waals surface area contributed by atoms with Crippen LogP contribution in [0.2, 0.25) is 0 Å². The molecule has 1 aromatic carbocycles. The molecule has 6 nitrogen and oxygen atoms in total.